The molecule has 0 saturated carbocycles. The molecule has 1 heterocycles. The average Bonchev–Trinajstić information content (AvgIpc) is 2.45. The highest BCUT2D eigenvalue weighted by molar-refractivity contribution is 4.95. The van der Waals surface area contributed by atoms with Crippen LogP contribution in [0.1, 0.15) is 6.92 Å². The van der Waals surface area contributed by atoms with Crippen LogP contribution in [0, 0.1) is 25.4 Å². The van der Waals surface area contributed by atoms with Gasteiger partial charge in [-0.3, -0.25) is 0 Å². The second-order valence-electron chi connectivity index (χ2n) is 2.48. The minimum absolute atomic E-state index is 0.118. The van der Waals surface area contributed by atoms with E-state index in [-0.39, 0.29) is 10.9 Å². The molecule has 0 atom stereocenters. The molecule has 0 saturated heterocycles. The Hall–Kier alpha value is -2.19. The van der Waals surface area contributed by atoms with Gasteiger partial charge in [0.2, 0.25) is 0 Å². The molecule has 9 heteroatoms. The van der Waals surface area contributed by atoms with Gasteiger partial charge in [0.1, 0.15) is 13.6 Å². The molecule has 0 aliphatic carbocycles. The Kier molecular flexibility index (Phi) is 4.72. The number of aromatic nitrogens is 2. The van der Waals surface area contributed by atoms with Gasteiger partial charge in [-0.2, -0.15) is 9.13 Å². The van der Waals surface area contributed by atoms with Gasteiger partial charge in [-0.1, -0.05) is 0 Å². The largest absolute Gasteiger partial charge is 0.579 e. The van der Waals surface area contributed by atoms with E-state index in [1.807, 2.05) is 6.92 Å². The summed E-state index contributed by atoms with van der Waals surface area (Å²) in [5.74, 6) is 0.118. The Morgan fingerprint density at radius 1 is 1.40 bits per heavy atom. The van der Waals surface area contributed by atoms with Crippen molar-refractivity contribution in [3.8, 4) is 0 Å². The van der Waals surface area contributed by atoms with Crippen LogP contribution in [0.25, 0.3) is 0 Å². The average molecular weight is 218 g/mol. The lowest BCUT2D eigenvalue weighted by Crippen LogP contribution is -2.33. The van der Waals surface area contributed by atoms with Gasteiger partial charge < -0.3 is 25.4 Å². The Balaban J connectivity index is 0.000000423. The lowest BCUT2D eigenvalue weighted by Gasteiger charge is -1.89. The Labute approximate surface area is 84.4 Å². The molecular weight excluding hydrogens is 208 g/mol. The number of rotatable bonds is 2. The quantitative estimate of drug-likeness (QED) is 0.393. The first-order valence-electron chi connectivity index (χ1n) is 3.90. The van der Waals surface area contributed by atoms with Crippen molar-refractivity contribution in [1.29, 1.82) is 0 Å². The zero-order chi connectivity index (χ0) is 12.0. The van der Waals surface area contributed by atoms with E-state index in [1.165, 1.54) is 4.57 Å². The molecule has 1 aromatic heterocycles. The van der Waals surface area contributed by atoms with Crippen molar-refractivity contribution in [2.24, 2.45) is 7.05 Å². The molecule has 0 N–H and O–H groups in total. The summed E-state index contributed by atoms with van der Waals surface area (Å²) in [4.78, 5) is 18.3. The minimum Gasteiger partial charge on any atom is -0.356 e. The van der Waals surface area contributed by atoms with Crippen LogP contribution < -0.4 is 4.57 Å². The van der Waals surface area contributed by atoms with E-state index in [1.54, 1.807) is 24.0 Å². The lowest BCUT2D eigenvalue weighted by atomic mass is 10.7. The number of aryl methyl sites for hydroxylation is 2. The van der Waals surface area contributed by atoms with Crippen LogP contribution in [0.4, 0.5) is 5.95 Å². The van der Waals surface area contributed by atoms with Gasteiger partial charge >= 0.3 is 5.95 Å². The number of nitro groups is 1. The van der Waals surface area contributed by atoms with E-state index in [2.05, 4.69) is 0 Å². The van der Waals surface area contributed by atoms with Gasteiger partial charge in [0.25, 0.3) is 0 Å². The first-order valence-corrected chi connectivity index (χ1v) is 3.90. The summed E-state index contributed by atoms with van der Waals surface area (Å²) >= 11 is 0. The summed E-state index contributed by atoms with van der Waals surface area (Å²) in [6, 6.07) is 0. The standard InChI is InChI=1S/C6H10N3O2.NO3/c1-3-8-5-4-7(2)6(8)9(10)11;2-1(3)4/h4-5H,3H2,1-2H3;/q+1;-1. The van der Waals surface area contributed by atoms with Crippen LogP contribution in [0.15, 0.2) is 12.4 Å². The van der Waals surface area contributed by atoms with Crippen molar-refractivity contribution in [2.45, 2.75) is 13.5 Å². The lowest BCUT2D eigenvalue weighted by molar-refractivity contribution is -0.734. The molecule has 15 heavy (non-hydrogen) atoms. The van der Waals surface area contributed by atoms with E-state index in [4.69, 9.17) is 15.3 Å². The molecular formula is C6H10N4O5. The highest BCUT2D eigenvalue weighted by Gasteiger charge is 2.24. The van der Waals surface area contributed by atoms with Crippen molar-refractivity contribution in [3.63, 3.8) is 0 Å². The highest BCUT2D eigenvalue weighted by atomic mass is 16.9. The molecule has 0 bridgehead atoms. The summed E-state index contributed by atoms with van der Waals surface area (Å²) in [5.41, 5.74) is 0. The highest BCUT2D eigenvalue weighted by Crippen LogP contribution is 2.01. The topological polar surface area (TPSA) is 118 Å². The summed E-state index contributed by atoms with van der Waals surface area (Å²) in [7, 11) is 1.66. The van der Waals surface area contributed by atoms with Gasteiger partial charge in [0.15, 0.2) is 12.4 Å². The molecule has 0 amide bonds. The predicted octanol–water partition coefficient (Wildman–Crippen LogP) is 0.00160. The second-order valence-corrected chi connectivity index (χ2v) is 2.48. The van der Waals surface area contributed by atoms with Gasteiger partial charge in [0.05, 0.1) is 10.0 Å². The van der Waals surface area contributed by atoms with Crippen LogP contribution in [0.2, 0.25) is 0 Å². The number of imidazole rings is 1. The first-order chi connectivity index (χ1) is 6.90. The van der Waals surface area contributed by atoms with E-state index >= 15 is 0 Å². The van der Waals surface area contributed by atoms with Gasteiger partial charge in [-0.05, 0) is 6.92 Å². The Morgan fingerprint density at radius 3 is 2.13 bits per heavy atom. The predicted molar refractivity (Wildman–Crippen MR) is 48.3 cm³/mol. The van der Waals surface area contributed by atoms with Crippen molar-refractivity contribution in [2.75, 3.05) is 0 Å². The molecule has 0 aliphatic heterocycles. The molecule has 84 valence electrons. The molecule has 1 rings (SSSR count). The van der Waals surface area contributed by atoms with Gasteiger partial charge in [0, 0.05) is 0 Å². The fraction of sp³-hybridized carbons (Fsp3) is 0.500. The maximum Gasteiger partial charge on any atom is 0.579 e. The monoisotopic (exact) mass is 218 g/mol. The molecule has 1 aromatic rings. The zero-order valence-electron chi connectivity index (χ0n) is 8.19. The van der Waals surface area contributed by atoms with Crippen LogP contribution >= 0.6 is 0 Å². The summed E-state index contributed by atoms with van der Waals surface area (Å²) in [6.07, 6.45) is 3.36. The summed E-state index contributed by atoms with van der Waals surface area (Å²) in [6.45, 7) is 2.49. The maximum atomic E-state index is 10.4. The molecule has 0 unspecified atom stereocenters. The second kappa shape index (κ2) is 5.52. The third-order valence-electron chi connectivity index (χ3n) is 1.55. The number of hydrogen-bond donors (Lipinski definition) is 0. The van der Waals surface area contributed by atoms with Crippen molar-refractivity contribution < 1.29 is 14.6 Å². The van der Waals surface area contributed by atoms with E-state index in [9.17, 15) is 10.1 Å². The fourth-order valence-electron chi connectivity index (χ4n) is 0.997. The smallest absolute Gasteiger partial charge is 0.356 e. The van der Waals surface area contributed by atoms with Crippen molar-refractivity contribution in [3.05, 3.63) is 37.8 Å². The first kappa shape index (κ1) is 12.8. The van der Waals surface area contributed by atoms with Crippen molar-refractivity contribution in [1.82, 2.24) is 4.57 Å². The van der Waals surface area contributed by atoms with Crippen LogP contribution in [-0.2, 0) is 13.6 Å². The van der Waals surface area contributed by atoms with Crippen molar-refractivity contribution >= 4 is 5.95 Å². The van der Waals surface area contributed by atoms with Gasteiger partial charge in [-0.25, -0.2) is 0 Å². The fourth-order valence-corrected chi connectivity index (χ4v) is 0.997. The molecule has 0 aromatic carbocycles. The molecule has 0 fully saturated rings. The number of hydrogen-bond acceptors (Lipinski definition) is 5. The minimum atomic E-state index is -1.75. The maximum absolute atomic E-state index is 10.4. The zero-order valence-corrected chi connectivity index (χ0v) is 8.19. The third-order valence-corrected chi connectivity index (χ3v) is 1.55. The normalized spacial score (nSPS) is 8.93. The SMILES string of the molecule is CC[n+]1ccn(C)c1[N+](=O)[O-].O=[N+]([O-])[O-]. The number of nitrogens with zero attached hydrogens (tertiary/aromatic N) is 4. The molecule has 0 spiro atoms. The van der Waals surface area contributed by atoms with Crippen LogP contribution in [0.5, 0.6) is 0 Å². The van der Waals surface area contributed by atoms with E-state index in [0.717, 1.165) is 0 Å². The molecule has 0 aliphatic rings. The van der Waals surface area contributed by atoms with Gasteiger partial charge in [-0.15, -0.1) is 0 Å². The summed E-state index contributed by atoms with van der Waals surface area (Å²) < 4.78 is 3.07. The van der Waals surface area contributed by atoms with E-state index in [0.29, 0.717) is 6.54 Å². The molecule has 9 nitrogen and oxygen atoms in total. The molecule has 0 radical (unpaired) electrons. The Morgan fingerprint density at radius 2 is 1.87 bits per heavy atom. The Bertz CT molecular complexity index is 356. The van der Waals surface area contributed by atoms with Crippen LogP contribution in [0.3, 0.4) is 0 Å². The van der Waals surface area contributed by atoms with E-state index < -0.39 is 5.09 Å². The third kappa shape index (κ3) is 4.02. The van der Waals surface area contributed by atoms with Crippen LogP contribution in [-0.4, -0.2) is 14.6 Å². The summed E-state index contributed by atoms with van der Waals surface area (Å²) in [5, 5.41) is 25.2.